The van der Waals surface area contributed by atoms with Gasteiger partial charge in [-0.2, -0.15) is 0 Å². The normalized spacial score (nSPS) is 27.9. The van der Waals surface area contributed by atoms with Crippen LogP contribution in [0.15, 0.2) is 5.11 Å². The quantitative estimate of drug-likeness (QED) is 0.0721. The third-order valence-electron chi connectivity index (χ3n) is 7.18. The molecule has 216 valence electrons. The number of unbranched alkanes of at least 4 members (excludes halogenated alkanes) is 4. The zero-order chi connectivity index (χ0) is 27.5. The van der Waals surface area contributed by atoms with E-state index < -0.39 is 14.9 Å². The monoisotopic (exact) mass is 543 g/mol. The summed E-state index contributed by atoms with van der Waals surface area (Å²) < 4.78 is 39.6. The minimum Gasteiger partial charge on any atom is -0.391 e. The van der Waals surface area contributed by atoms with Gasteiger partial charge in [0.05, 0.1) is 6.61 Å². The van der Waals surface area contributed by atoms with E-state index in [1.54, 1.807) is 0 Å². The molecule has 2 unspecified atom stereocenters. The molecule has 2 heterocycles. The zero-order valence-electron chi connectivity index (χ0n) is 24.7. The Bertz CT molecular complexity index is 693. The summed E-state index contributed by atoms with van der Waals surface area (Å²) in [6.07, 6.45) is 4.90. The molecule has 0 bridgehead atoms. The minimum atomic E-state index is -2.71. The van der Waals surface area contributed by atoms with E-state index in [1.807, 2.05) is 0 Å². The third kappa shape index (κ3) is 8.64. The van der Waals surface area contributed by atoms with E-state index in [2.05, 4.69) is 65.4 Å². The predicted octanol–water partition coefficient (Wildman–Crippen LogP) is 7.04. The fraction of sp³-hybridized carbons (Fsp3) is 1.00. The molecule has 9 nitrogen and oxygen atoms in total. The first-order chi connectivity index (χ1) is 17.5. The van der Waals surface area contributed by atoms with E-state index in [1.165, 1.54) is 0 Å². The van der Waals surface area contributed by atoms with Crippen LogP contribution in [-0.2, 0) is 27.8 Å². The summed E-state index contributed by atoms with van der Waals surface area (Å²) in [5.74, 6) is 0. The second-order valence-electron chi connectivity index (χ2n) is 12.3. The Kier molecular flexibility index (Phi) is 13.3. The number of azide groups is 1. The van der Waals surface area contributed by atoms with E-state index in [4.69, 9.17) is 33.3 Å². The fourth-order valence-corrected chi connectivity index (χ4v) is 10.4. The van der Waals surface area contributed by atoms with Gasteiger partial charge in [-0.05, 0) is 31.2 Å². The largest absolute Gasteiger partial charge is 0.391 e. The highest BCUT2D eigenvalue weighted by Crippen LogP contribution is 2.55. The van der Waals surface area contributed by atoms with E-state index >= 15 is 0 Å². The van der Waals surface area contributed by atoms with E-state index in [-0.39, 0.29) is 34.5 Å². The van der Waals surface area contributed by atoms with Crippen LogP contribution in [-0.4, -0.2) is 72.2 Å². The molecule has 2 rings (SSSR count). The molecule has 37 heavy (non-hydrogen) atoms. The molecule has 2 aliphatic rings. The Morgan fingerprint density at radius 3 is 2.00 bits per heavy atom. The molecule has 0 aromatic rings. The molecule has 0 N–H and O–H groups in total. The number of nitrogens with zero attached hydrogens (tertiary/aromatic N) is 3. The number of ether oxygens (including phenoxy) is 4. The highest BCUT2D eigenvalue weighted by atomic mass is 28.4. The second kappa shape index (κ2) is 15.2. The summed E-state index contributed by atoms with van der Waals surface area (Å²) in [6, 6.07) is 0. The summed E-state index contributed by atoms with van der Waals surface area (Å²) in [4.78, 5) is 2.81. The van der Waals surface area contributed by atoms with Crippen LogP contribution in [0.4, 0.5) is 0 Å². The van der Waals surface area contributed by atoms with Crippen LogP contribution < -0.4 is 0 Å². The Morgan fingerprint density at radius 1 is 0.838 bits per heavy atom. The lowest BCUT2D eigenvalue weighted by Gasteiger charge is -2.58. The van der Waals surface area contributed by atoms with Crippen LogP contribution in [0, 0.1) is 0 Å². The lowest BCUT2D eigenvalue weighted by Crippen LogP contribution is -2.72. The van der Waals surface area contributed by atoms with Crippen LogP contribution in [0.1, 0.15) is 100 Å². The molecule has 10 heteroatoms. The van der Waals surface area contributed by atoms with Gasteiger partial charge in [-0.3, -0.25) is 0 Å². The smallest absolute Gasteiger partial charge is 0.349 e. The Morgan fingerprint density at radius 2 is 1.43 bits per heavy atom. The topological polar surface area (TPSA) is 104 Å². The molecule has 2 fully saturated rings. The molecule has 0 amide bonds. The average Bonchev–Trinajstić information content (AvgIpc) is 2.83. The van der Waals surface area contributed by atoms with Crippen molar-refractivity contribution in [3.8, 4) is 0 Å². The fourth-order valence-electron chi connectivity index (χ4n) is 5.42. The standard InChI is InChI=1S/C27H53N3O6Si/c1-9-11-17-31-23-22-21(20-34-37(36-22,26(3,4)5)27(6,7)8)35-25(24(23)32-18-12-10-2)33-19-15-13-14-16-29-30-28/h21-25H,9-20H2,1-8H3/t21?,22-,23-,24?,25-/m0/s1. The first kappa shape index (κ1) is 32.5. The molecular weight excluding hydrogens is 490 g/mol. The van der Waals surface area contributed by atoms with Crippen molar-refractivity contribution < 1.29 is 27.8 Å². The summed E-state index contributed by atoms with van der Waals surface area (Å²) in [5.41, 5.74) is 8.45. The van der Waals surface area contributed by atoms with Crippen LogP contribution in [0.3, 0.4) is 0 Å². The SMILES string of the molecule is CCCCOC1[C@@H](OCCCCCN=[N+]=[N-])OC2CO[Si](C(C)(C)C)(C(C)(C)C)O[C@@H]2[C@@H]1OCCCC. The summed E-state index contributed by atoms with van der Waals surface area (Å²) in [6.45, 7) is 20.5. The Balaban J connectivity index is 2.26. The van der Waals surface area contributed by atoms with Crippen molar-refractivity contribution in [2.45, 2.75) is 141 Å². The molecule has 0 saturated carbocycles. The van der Waals surface area contributed by atoms with Gasteiger partial charge in [-0.15, -0.1) is 0 Å². The van der Waals surface area contributed by atoms with Gasteiger partial charge in [0.25, 0.3) is 0 Å². The third-order valence-corrected chi connectivity index (χ3v) is 12.3. The lowest BCUT2D eigenvalue weighted by molar-refractivity contribution is -0.323. The molecule has 0 aromatic carbocycles. The number of hydrogen-bond donors (Lipinski definition) is 0. The van der Waals surface area contributed by atoms with E-state index in [0.717, 1.165) is 44.9 Å². The highest BCUT2D eigenvalue weighted by molar-refractivity contribution is 6.73. The Hall–Kier alpha value is -0.713. The molecule has 2 aliphatic heterocycles. The summed E-state index contributed by atoms with van der Waals surface area (Å²) in [5, 5.41) is 3.34. The zero-order valence-corrected chi connectivity index (χ0v) is 25.7. The molecule has 0 aliphatic carbocycles. The average molecular weight is 544 g/mol. The molecule has 2 saturated heterocycles. The Labute approximate surface area is 226 Å². The highest BCUT2D eigenvalue weighted by Gasteiger charge is 2.65. The van der Waals surface area contributed by atoms with Gasteiger partial charge in [-0.1, -0.05) is 79.8 Å². The van der Waals surface area contributed by atoms with Crippen molar-refractivity contribution in [2.75, 3.05) is 33.0 Å². The van der Waals surface area contributed by atoms with Crippen LogP contribution in [0.5, 0.6) is 0 Å². The molecule has 0 radical (unpaired) electrons. The number of hydrogen-bond acceptors (Lipinski definition) is 7. The van der Waals surface area contributed by atoms with Gasteiger partial charge in [0.15, 0.2) is 6.29 Å². The van der Waals surface area contributed by atoms with Gasteiger partial charge in [-0.25, -0.2) is 0 Å². The number of rotatable bonds is 15. The van der Waals surface area contributed by atoms with Gasteiger partial charge >= 0.3 is 8.56 Å². The van der Waals surface area contributed by atoms with Crippen LogP contribution in [0.25, 0.3) is 10.4 Å². The van der Waals surface area contributed by atoms with Crippen LogP contribution >= 0.6 is 0 Å². The van der Waals surface area contributed by atoms with Crippen molar-refractivity contribution >= 4 is 8.56 Å². The minimum absolute atomic E-state index is 0.133. The lowest BCUT2D eigenvalue weighted by atomic mass is 9.98. The van der Waals surface area contributed by atoms with Gasteiger partial charge in [0.1, 0.15) is 24.4 Å². The van der Waals surface area contributed by atoms with Gasteiger partial charge < -0.3 is 27.8 Å². The maximum atomic E-state index is 8.45. The van der Waals surface area contributed by atoms with Crippen LogP contribution in [0.2, 0.25) is 10.1 Å². The van der Waals surface area contributed by atoms with Crippen molar-refractivity contribution in [3.05, 3.63) is 10.4 Å². The second-order valence-corrected chi connectivity index (χ2v) is 17.1. The van der Waals surface area contributed by atoms with Crippen molar-refractivity contribution in [1.29, 1.82) is 0 Å². The number of fused-ring (bicyclic) bond motifs is 1. The molecule has 5 atom stereocenters. The summed E-state index contributed by atoms with van der Waals surface area (Å²) >= 11 is 0. The van der Waals surface area contributed by atoms with Crippen molar-refractivity contribution in [3.63, 3.8) is 0 Å². The predicted molar refractivity (Wildman–Crippen MR) is 148 cm³/mol. The van der Waals surface area contributed by atoms with E-state index in [0.29, 0.717) is 33.0 Å². The maximum Gasteiger partial charge on any atom is 0.349 e. The van der Waals surface area contributed by atoms with Crippen molar-refractivity contribution in [1.82, 2.24) is 0 Å². The molecule has 0 aromatic heterocycles. The van der Waals surface area contributed by atoms with Gasteiger partial charge in [0.2, 0.25) is 0 Å². The maximum absolute atomic E-state index is 8.45. The van der Waals surface area contributed by atoms with Gasteiger partial charge in [0, 0.05) is 41.4 Å². The first-order valence-electron chi connectivity index (χ1n) is 14.3. The first-order valence-corrected chi connectivity index (χ1v) is 16.2. The van der Waals surface area contributed by atoms with E-state index in [9.17, 15) is 0 Å². The summed E-state index contributed by atoms with van der Waals surface area (Å²) in [7, 11) is -2.71. The molecular formula is C27H53N3O6Si. The van der Waals surface area contributed by atoms with Crippen molar-refractivity contribution in [2.24, 2.45) is 5.11 Å². The molecule has 0 spiro atoms.